The van der Waals surface area contributed by atoms with Crippen molar-refractivity contribution in [2.45, 2.75) is 6.61 Å². The second-order valence-corrected chi connectivity index (χ2v) is 7.42. The van der Waals surface area contributed by atoms with E-state index in [1.165, 1.54) is 11.3 Å². The van der Waals surface area contributed by atoms with Gasteiger partial charge in [0.15, 0.2) is 0 Å². The van der Waals surface area contributed by atoms with Crippen molar-refractivity contribution < 1.29 is 14.3 Å². The summed E-state index contributed by atoms with van der Waals surface area (Å²) in [5.74, 6) is -0.796. The molecule has 1 N–H and O–H groups in total. The van der Waals surface area contributed by atoms with Crippen LogP contribution in [0, 0.1) is 0 Å². The van der Waals surface area contributed by atoms with Gasteiger partial charge in [0.1, 0.15) is 13.2 Å². The Morgan fingerprint density at radius 1 is 0.967 bits per heavy atom. The van der Waals surface area contributed by atoms with E-state index < -0.39 is 5.97 Å². The highest BCUT2D eigenvalue weighted by Gasteiger charge is 2.15. The molecule has 0 spiro atoms. The van der Waals surface area contributed by atoms with Gasteiger partial charge in [-0.25, -0.2) is 4.68 Å². The van der Waals surface area contributed by atoms with E-state index in [0.29, 0.717) is 4.88 Å². The number of esters is 1. The highest BCUT2D eigenvalue weighted by atomic mass is 32.1. The van der Waals surface area contributed by atoms with E-state index in [-0.39, 0.29) is 19.1 Å². The molecular weight excluding hydrogens is 398 g/mol. The molecule has 0 saturated heterocycles. The molecule has 0 aliphatic heterocycles. The number of rotatable bonds is 7. The Labute approximate surface area is 177 Å². The minimum absolute atomic E-state index is 0.0603. The summed E-state index contributed by atoms with van der Waals surface area (Å²) in [6.07, 6.45) is 1.86. The average molecular weight is 417 g/mol. The summed E-state index contributed by atoms with van der Waals surface area (Å²) in [7, 11) is 0. The summed E-state index contributed by atoms with van der Waals surface area (Å²) < 4.78 is 7.17. The number of para-hydroxylation sites is 1. The standard InChI is InChI=1S/C23H19N3O3S/c27-21(14-24-23(28)20-12-7-13-30-20)29-16-18-15-26(19-10-5-2-6-11-19)25-22(18)17-8-3-1-4-9-17/h1-13,15H,14,16H2,(H,24,28). The summed E-state index contributed by atoms with van der Waals surface area (Å²) in [5.41, 5.74) is 3.37. The Balaban J connectivity index is 1.46. The molecule has 0 aliphatic carbocycles. The smallest absolute Gasteiger partial charge is 0.325 e. The van der Waals surface area contributed by atoms with Crippen LogP contribution in [0.4, 0.5) is 0 Å². The molecule has 4 rings (SSSR count). The van der Waals surface area contributed by atoms with Crippen LogP contribution >= 0.6 is 11.3 Å². The second kappa shape index (κ2) is 9.19. The number of ether oxygens (including phenoxy) is 1. The molecule has 2 aromatic heterocycles. The van der Waals surface area contributed by atoms with Crippen LogP contribution in [0.25, 0.3) is 16.9 Å². The van der Waals surface area contributed by atoms with Crippen LogP contribution in [-0.2, 0) is 16.1 Å². The van der Waals surface area contributed by atoms with Crippen molar-refractivity contribution in [3.05, 3.63) is 94.8 Å². The van der Waals surface area contributed by atoms with E-state index in [1.807, 2.05) is 72.2 Å². The minimum atomic E-state index is -0.508. The first kappa shape index (κ1) is 19.6. The number of nitrogens with zero attached hydrogens (tertiary/aromatic N) is 2. The summed E-state index contributed by atoms with van der Waals surface area (Å²) in [5, 5.41) is 9.08. The second-order valence-electron chi connectivity index (χ2n) is 6.47. The number of benzene rings is 2. The van der Waals surface area contributed by atoms with E-state index in [4.69, 9.17) is 9.84 Å². The number of nitrogens with one attached hydrogen (secondary N) is 1. The van der Waals surface area contributed by atoms with E-state index in [2.05, 4.69) is 5.32 Å². The van der Waals surface area contributed by atoms with Crippen molar-refractivity contribution >= 4 is 23.2 Å². The number of amides is 1. The molecule has 0 aliphatic rings. The monoisotopic (exact) mass is 417 g/mol. The van der Waals surface area contributed by atoms with Gasteiger partial charge < -0.3 is 10.1 Å². The Kier molecular flexibility index (Phi) is 6.01. The molecule has 6 nitrogen and oxygen atoms in total. The third-order valence-corrected chi connectivity index (χ3v) is 5.25. The lowest BCUT2D eigenvalue weighted by atomic mass is 10.1. The van der Waals surface area contributed by atoms with Gasteiger partial charge in [-0.3, -0.25) is 9.59 Å². The lowest BCUT2D eigenvalue weighted by Gasteiger charge is -2.06. The fourth-order valence-corrected chi connectivity index (χ4v) is 3.56. The molecule has 0 atom stereocenters. The Bertz CT molecular complexity index is 1120. The van der Waals surface area contributed by atoms with Gasteiger partial charge in [-0.2, -0.15) is 5.10 Å². The van der Waals surface area contributed by atoms with Crippen LogP contribution in [0.5, 0.6) is 0 Å². The fourth-order valence-electron chi connectivity index (χ4n) is 2.92. The largest absolute Gasteiger partial charge is 0.459 e. The zero-order chi connectivity index (χ0) is 20.8. The molecule has 4 aromatic rings. The van der Waals surface area contributed by atoms with Gasteiger partial charge in [0.05, 0.1) is 16.3 Å². The number of thiophene rings is 1. The Hall–Kier alpha value is -3.71. The number of hydrogen-bond acceptors (Lipinski definition) is 5. The molecule has 7 heteroatoms. The quantitative estimate of drug-likeness (QED) is 0.460. The van der Waals surface area contributed by atoms with Crippen molar-refractivity contribution in [3.8, 4) is 16.9 Å². The topological polar surface area (TPSA) is 73.2 Å². The third-order valence-electron chi connectivity index (χ3n) is 4.38. The summed E-state index contributed by atoms with van der Waals surface area (Å²) >= 11 is 1.32. The minimum Gasteiger partial charge on any atom is -0.459 e. The van der Waals surface area contributed by atoms with Crippen LogP contribution in [0.1, 0.15) is 15.2 Å². The highest BCUT2D eigenvalue weighted by Crippen LogP contribution is 2.24. The van der Waals surface area contributed by atoms with Crippen molar-refractivity contribution in [1.29, 1.82) is 0 Å². The first-order valence-electron chi connectivity index (χ1n) is 9.37. The molecule has 0 fully saturated rings. The molecule has 2 heterocycles. The molecular formula is C23H19N3O3S. The van der Waals surface area contributed by atoms with Gasteiger partial charge in [0, 0.05) is 17.3 Å². The molecule has 0 radical (unpaired) electrons. The van der Waals surface area contributed by atoms with Gasteiger partial charge >= 0.3 is 5.97 Å². The van der Waals surface area contributed by atoms with Crippen molar-refractivity contribution in [3.63, 3.8) is 0 Å². The number of carbonyl (C=O) groups excluding carboxylic acids is 2. The van der Waals surface area contributed by atoms with Gasteiger partial charge in [-0.1, -0.05) is 54.6 Å². The van der Waals surface area contributed by atoms with Gasteiger partial charge in [0.25, 0.3) is 5.91 Å². The molecule has 2 aromatic carbocycles. The van der Waals surface area contributed by atoms with E-state index in [9.17, 15) is 9.59 Å². The normalized spacial score (nSPS) is 10.5. The predicted molar refractivity (Wildman–Crippen MR) is 115 cm³/mol. The third kappa shape index (κ3) is 4.64. The molecule has 30 heavy (non-hydrogen) atoms. The van der Waals surface area contributed by atoms with Crippen LogP contribution in [0.2, 0.25) is 0 Å². The van der Waals surface area contributed by atoms with Crippen molar-refractivity contribution in [1.82, 2.24) is 15.1 Å². The van der Waals surface area contributed by atoms with Crippen molar-refractivity contribution in [2.75, 3.05) is 6.54 Å². The molecule has 0 bridgehead atoms. The summed E-state index contributed by atoms with van der Waals surface area (Å²) in [6, 6.07) is 23.0. The maximum absolute atomic E-state index is 12.2. The predicted octanol–water partition coefficient (Wildman–Crippen LogP) is 4.07. The Morgan fingerprint density at radius 3 is 2.40 bits per heavy atom. The number of carbonyl (C=O) groups is 2. The van der Waals surface area contributed by atoms with E-state index in [1.54, 1.807) is 16.8 Å². The summed E-state index contributed by atoms with van der Waals surface area (Å²) in [4.78, 5) is 24.7. The maximum atomic E-state index is 12.2. The summed E-state index contributed by atoms with van der Waals surface area (Å²) in [6.45, 7) is -0.130. The van der Waals surface area contributed by atoms with E-state index in [0.717, 1.165) is 22.5 Å². The average Bonchev–Trinajstić information content (AvgIpc) is 3.48. The van der Waals surface area contributed by atoms with Crippen molar-refractivity contribution in [2.24, 2.45) is 0 Å². The Morgan fingerprint density at radius 2 is 1.70 bits per heavy atom. The SMILES string of the molecule is O=C(CNC(=O)c1cccs1)OCc1cn(-c2ccccc2)nc1-c1ccccc1. The first-order chi connectivity index (χ1) is 14.7. The van der Waals surface area contributed by atoms with Crippen LogP contribution in [0.3, 0.4) is 0 Å². The molecule has 0 saturated carbocycles. The zero-order valence-electron chi connectivity index (χ0n) is 16.0. The van der Waals surface area contributed by atoms with Gasteiger partial charge in [-0.15, -0.1) is 11.3 Å². The number of hydrogen-bond donors (Lipinski definition) is 1. The van der Waals surface area contributed by atoms with Crippen LogP contribution in [-0.4, -0.2) is 28.2 Å². The lowest BCUT2D eigenvalue weighted by molar-refractivity contribution is -0.143. The fraction of sp³-hybridized carbons (Fsp3) is 0.0870. The van der Waals surface area contributed by atoms with Crippen LogP contribution in [0.15, 0.2) is 84.4 Å². The van der Waals surface area contributed by atoms with Gasteiger partial charge in [-0.05, 0) is 23.6 Å². The zero-order valence-corrected chi connectivity index (χ0v) is 16.8. The number of aromatic nitrogens is 2. The molecule has 1 amide bonds. The first-order valence-corrected chi connectivity index (χ1v) is 10.3. The maximum Gasteiger partial charge on any atom is 0.325 e. The molecule has 0 unspecified atom stereocenters. The highest BCUT2D eigenvalue weighted by molar-refractivity contribution is 7.12. The van der Waals surface area contributed by atoms with Crippen LogP contribution < -0.4 is 5.32 Å². The van der Waals surface area contributed by atoms with Gasteiger partial charge in [0.2, 0.25) is 0 Å². The molecule has 150 valence electrons. The lowest BCUT2D eigenvalue weighted by Crippen LogP contribution is -2.30. The van der Waals surface area contributed by atoms with E-state index >= 15 is 0 Å².